The lowest BCUT2D eigenvalue weighted by Gasteiger charge is -2.33. The molecule has 1 amide bonds. The van der Waals surface area contributed by atoms with E-state index >= 15 is 0 Å². The van der Waals surface area contributed by atoms with Gasteiger partial charge in [-0.05, 0) is 26.2 Å². The predicted octanol–water partition coefficient (Wildman–Crippen LogP) is 1.60. The fraction of sp³-hybridized carbons (Fsp3) is 0.923. The summed E-state index contributed by atoms with van der Waals surface area (Å²) in [6, 6.07) is 0.142. The fourth-order valence-corrected chi connectivity index (χ4v) is 2.51. The maximum absolute atomic E-state index is 12.5. The van der Waals surface area contributed by atoms with E-state index in [4.69, 9.17) is 4.74 Å². The highest BCUT2D eigenvalue weighted by molar-refractivity contribution is 5.88. The largest absolute Gasteiger partial charge is 0.383 e. The molecule has 0 saturated carbocycles. The van der Waals surface area contributed by atoms with E-state index in [0.29, 0.717) is 12.5 Å². The molecule has 1 saturated heterocycles. The van der Waals surface area contributed by atoms with Gasteiger partial charge in [-0.1, -0.05) is 20.8 Å². The van der Waals surface area contributed by atoms with Gasteiger partial charge in [0.25, 0.3) is 0 Å². The summed E-state index contributed by atoms with van der Waals surface area (Å²) in [5, 5.41) is 3.39. The van der Waals surface area contributed by atoms with Gasteiger partial charge in [-0.15, -0.1) is 0 Å². The Kier molecular flexibility index (Phi) is 4.55. The summed E-state index contributed by atoms with van der Waals surface area (Å²) in [6.45, 7) is 10.9. The molecule has 0 aromatic heterocycles. The number of amides is 1. The monoisotopic (exact) mass is 242 g/mol. The molecule has 1 heterocycles. The number of rotatable bonds is 5. The molecule has 4 heteroatoms. The van der Waals surface area contributed by atoms with Gasteiger partial charge >= 0.3 is 0 Å². The Morgan fingerprint density at radius 2 is 2.12 bits per heavy atom. The highest BCUT2D eigenvalue weighted by Crippen LogP contribution is 2.27. The van der Waals surface area contributed by atoms with Crippen molar-refractivity contribution in [2.24, 2.45) is 5.92 Å². The minimum Gasteiger partial charge on any atom is -0.383 e. The van der Waals surface area contributed by atoms with Crippen molar-refractivity contribution < 1.29 is 9.53 Å². The first kappa shape index (κ1) is 14.5. The molecule has 0 aromatic carbocycles. The Hall–Kier alpha value is -0.610. The van der Waals surface area contributed by atoms with Crippen molar-refractivity contribution in [1.29, 1.82) is 0 Å². The highest BCUT2D eigenvalue weighted by Gasteiger charge is 2.47. The zero-order valence-corrected chi connectivity index (χ0v) is 11.9. The number of ether oxygens (including phenoxy) is 1. The summed E-state index contributed by atoms with van der Waals surface area (Å²) >= 11 is 0. The molecule has 0 bridgehead atoms. The van der Waals surface area contributed by atoms with Gasteiger partial charge in [-0.2, -0.15) is 0 Å². The summed E-state index contributed by atoms with van der Waals surface area (Å²) in [4.78, 5) is 14.5. The molecule has 1 N–H and O–H groups in total. The third-order valence-corrected chi connectivity index (χ3v) is 3.82. The lowest BCUT2D eigenvalue weighted by Crippen LogP contribution is -2.49. The summed E-state index contributed by atoms with van der Waals surface area (Å²) < 4.78 is 5.25. The van der Waals surface area contributed by atoms with Gasteiger partial charge in [-0.3, -0.25) is 10.1 Å². The smallest absolute Gasteiger partial charge is 0.244 e. The van der Waals surface area contributed by atoms with Gasteiger partial charge in [0.05, 0.1) is 24.4 Å². The minimum atomic E-state index is -0.416. The van der Waals surface area contributed by atoms with Crippen LogP contribution in [0.5, 0.6) is 0 Å². The van der Waals surface area contributed by atoms with Crippen LogP contribution < -0.4 is 5.32 Å². The average molecular weight is 242 g/mol. The maximum atomic E-state index is 12.5. The maximum Gasteiger partial charge on any atom is 0.244 e. The molecule has 0 aliphatic carbocycles. The van der Waals surface area contributed by atoms with Crippen LogP contribution >= 0.6 is 0 Å². The van der Waals surface area contributed by atoms with Crippen molar-refractivity contribution in [3.8, 4) is 0 Å². The third kappa shape index (κ3) is 2.63. The van der Waals surface area contributed by atoms with Crippen molar-refractivity contribution in [2.75, 3.05) is 13.7 Å². The van der Waals surface area contributed by atoms with Crippen LogP contribution in [-0.4, -0.2) is 42.3 Å². The van der Waals surface area contributed by atoms with Crippen LogP contribution in [0.15, 0.2) is 0 Å². The van der Waals surface area contributed by atoms with Crippen LogP contribution in [0, 0.1) is 5.92 Å². The van der Waals surface area contributed by atoms with Gasteiger partial charge < -0.3 is 9.64 Å². The molecule has 1 rings (SSSR count). The molecule has 0 spiro atoms. The van der Waals surface area contributed by atoms with Crippen LogP contribution in [0.2, 0.25) is 0 Å². The number of methoxy groups -OCH3 is 1. The Balaban J connectivity index is 2.92. The summed E-state index contributed by atoms with van der Waals surface area (Å²) in [6.07, 6.45) is 0.889. The number of hydrogen-bond donors (Lipinski definition) is 1. The number of carbonyl (C=O) groups excluding carboxylic acids is 1. The SMILES string of the molecule is CCC1(C)NC(C)N(C(COC)C(C)C)C1=O. The standard InChI is InChI=1S/C13H26N2O2/c1-7-13(5)12(16)15(10(4)14-13)11(8-17-6)9(2)3/h9-11,14H,7-8H2,1-6H3. The van der Waals surface area contributed by atoms with Crippen molar-refractivity contribution in [1.82, 2.24) is 10.2 Å². The van der Waals surface area contributed by atoms with Gasteiger partial charge in [0, 0.05) is 7.11 Å². The molecular weight excluding hydrogens is 216 g/mol. The lowest BCUT2D eigenvalue weighted by molar-refractivity contribution is -0.137. The molecule has 17 heavy (non-hydrogen) atoms. The van der Waals surface area contributed by atoms with Gasteiger partial charge in [-0.25, -0.2) is 0 Å². The molecule has 3 atom stereocenters. The van der Waals surface area contributed by atoms with Crippen molar-refractivity contribution >= 4 is 5.91 Å². The van der Waals surface area contributed by atoms with E-state index in [2.05, 4.69) is 19.2 Å². The average Bonchev–Trinajstić information content (AvgIpc) is 2.48. The number of hydrogen-bond acceptors (Lipinski definition) is 3. The molecular formula is C13H26N2O2. The van der Waals surface area contributed by atoms with E-state index in [-0.39, 0.29) is 18.1 Å². The van der Waals surface area contributed by atoms with Crippen molar-refractivity contribution in [2.45, 2.75) is 58.8 Å². The molecule has 4 nitrogen and oxygen atoms in total. The second kappa shape index (κ2) is 5.36. The van der Waals surface area contributed by atoms with Gasteiger partial charge in [0.2, 0.25) is 5.91 Å². The van der Waals surface area contributed by atoms with Crippen LogP contribution in [0.1, 0.15) is 41.0 Å². The number of carbonyl (C=O) groups is 1. The van der Waals surface area contributed by atoms with Crippen LogP contribution in [-0.2, 0) is 9.53 Å². The number of nitrogens with one attached hydrogen (secondary N) is 1. The summed E-state index contributed by atoms with van der Waals surface area (Å²) in [7, 11) is 1.69. The molecule has 0 aromatic rings. The van der Waals surface area contributed by atoms with Gasteiger partial charge in [0.15, 0.2) is 0 Å². The number of nitrogens with zero attached hydrogens (tertiary/aromatic N) is 1. The van der Waals surface area contributed by atoms with E-state index < -0.39 is 5.54 Å². The Bertz CT molecular complexity index is 281. The first-order valence-electron chi connectivity index (χ1n) is 6.46. The van der Waals surface area contributed by atoms with E-state index in [9.17, 15) is 4.79 Å². The second-order valence-corrected chi connectivity index (χ2v) is 5.49. The van der Waals surface area contributed by atoms with Gasteiger partial charge in [0.1, 0.15) is 0 Å². The van der Waals surface area contributed by atoms with Crippen LogP contribution in [0.4, 0.5) is 0 Å². The Labute approximate surface area is 105 Å². The third-order valence-electron chi connectivity index (χ3n) is 3.82. The summed E-state index contributed by atoms with van der Waals surface area (Å²) in [5.74, 6) is 0.589. The van der Waals surface area contributed by atoms with E-state index in [1.807, 2.05) is 25.7 Å². The predicted molar refractivity (Wildman–Crippen MR) is 68.6 cm³/mol. The summed E-state index contributed by atoms with van der Waals surface area (Å²) in [5.41, 5.74) is -0.416. The molecule has 100 valence electrons. The quantitative estimate of drug-likeness (QED) is 0.796. The van der Waals surface area contributed by atoms with Crippen molar-refractivity contribution in [3.63, 3.8) is 0 Å². The minimum absolute atomic E-state index is 0.0787. The van der Waals surface area contributed by atoms with E-state index in [1.165, 1.54) is 0 Å². The highest BCUT2D eigenvalue weighted by atomic mass is 16.5. The zero-order valence-electron chi connectivity index (χ0n) is 11.9. The molecule has 1 fully saturated rings. The molecule has 0 radical (unpaired) electrons. The van der Waals surface area contributed by atoms with Crippen LogP contribution in [0.3, 0.4) is 0 Å². The second-order valence-electron chi connectivity index (χ2n) is 5.49. The molecule has 3 unspecified atom stereocenters. The zero-order chi connectivity index (χ0) is 13.2. The molecule has 1 aliphatic rings. The normalized spacial score (nSPS) is 31.4. The van der Waals surface area contributed by atoms with E-state index in [1.54, 1.807) is 7.11 Å². The van der Waals surface area contributed by atoms with Crippen molar-refractivity contribution in [3.05, 3.63) is 0 Å². The fourth-order valence-electron chi connectivity index (χ4n) is 2.51. The Morgan fingerprint density at radius 3 is 2.47 bits per heavy atom. The Morgan fingerprint density at radius 1 is 1.53 bits per heavy atom. The topological polar surface area (TPSA) is 41.6 Å². The molecule has 1 aliphatic heterocycles. The first-order chi connectivity index (χ1) is 7.87. The lowest BCUT2D eigenvalue weighted by atomic mass is 9.97. The first-order valence-corrected chi connectivity index (χ1v) is 6.46. The van der Waals surface area contributed by atoms with E-state index in [0.717, 1.165) is 6.42 Å². The van der Waals surface area contributed by atoms with Crippen LogP contribution in [0.25, 0.3) is 0 Å².